The number of amides is 1. The lowest BCUT2D eigenvalue weighted by molar-refractivity contribution is 0.0918. The lowest BCUT2D eigenvalue weighted by atomic mass is 9.87. The average Bonchev–Trinajstić information content (AvgIpc) is 3.45. The Morgan fingerprint density at radius 2 is 1.63 bits per heavy atom. The molecule has 1 saturated carbocycles. The summed E-state index contributed by atoms with van der Waals surface area (Å²) in [7, 11) is 0. The van der Waals surface area contributed by atoms with Crippen molar-refractivity contribution in [3.63, 3.8) is 0 Å². The summed E-state index contributed by atoms with van der Waals surface area (Å²) in [6.07, 6.45) is 3.23. The van der Waals surface area contributed by atoms with Crippen molar-refractivity contribution in [1.29, 1.82) is 0 Å². The molecular formula is C27H40ClNO. The van der Waals surface area contributed by atoms with Crippen molar-refractivity contribution < 1.29 is 4.79 Å². The summed E-state index contributed by atoms with van der Waals surface area (Å²) in [4.78, 5) is 12.9. The van der Waals surface area contributed by atoms with Crippen LogP contribution in [0.2, 0.25) is 5.02 Å². The van der Waals surface area contributed by atoms with Gasteiger partial charge in [-0.3, -0.25) is 4.79 Å². The second-order valence-corrected chi connectivity index (χ2v) is 9.18. The van der Waals surface area contributed by atoms with Crippen LogP contribution in [-0.2, 0) is 6.42 Å². The van der Waals surface area contributed by atoms with Gasteiger partial charge in [-0.2, -0.15) is 0 Å². The molecular weight excluding hydrogens is 390 g/mol. The molecule has 166 valence electrons. The molecule has 2 aromatic carbocycles. The predicted octanol–water partition coefficient (Wildman–Crippen LogP) is 8.17. The van der Waals surface area contributed by atoms with Crippen molar-refractivity contribution in [1.82, 2.24) is 5.32 Å². The standard InChI is InChI=1S/C21H24ClNO.C4H10.C2H6/c1-4-15-9-5-6-10-16(15)19(21(3)12-13-21)23-20(24)18-14(2)8-7-11-17(18)22;1-4(2)3;1-2/h5-11,19H,4,12-13H2,1-3H3,(H,23,24);4H,1-3H3;1-2H3. The SMILES string of the molecule is CC.CC(C)C.CCc1ccccc1C(NC(=O)c1c(C)cccc1Cl)C1(C)CC1. The molecule has 3 rings (SSSR count). The van der Waals surface area contributed by atoms with Crippen LogP contribution in [0, 0.1) is 18.3 Å². The molecule has 0 heterocycles. The normalized spacial score (nSPS) is 14.6. The summed E-state index contributed by atoms with van der Waals surface area (Å²) in [5.41, 5.74) is 4.16. The van der Waals surface area contributed by atoms with Crippen LogP contribution in [0.3, 0.4) is 0 Å². The van der Waals surface area contributed by atoms with Crippen molar-refractivity contribution in [3.8, 4) is 0 Å². The zero-order valence-electron chi connectivity index (χ0n) is 20.1. The van der Waals surface area contributed by atoms with Crippen molar-refractivity contribution in [3.05, 3.63) is 69.7 Å². The Hall–Kier alpha value is -1.80. The van der Waals surface area contributed by atoms with Crippen molar-refractivity contribution in [2.24, 2.45) is 11.3 Å². The molecule has 1 aliphatic carbocycles. The van der Waals surface area contributed by atoms with E-state index in [1.165, 1.54) is 11.1 Å². The number of hydrogen-bond acceptors (Lipinski definition) is 1. The Morgan fingerprint density at radius 3 is 2.13 bits per heavy atom. The molecule has 0 aliphatic heterocycles. The summed E-state index contributed by atoms with van der Waals surface area (Å²) in [6.45, 7) is 16.8. The maximum Gasteiger partial charge on any atom is 0.253 e. The fourth-order valence-electron chi connectivity index (χ4n) is 3.37. The first-order valence-corrected chi connectivity index (χ1v) is 11.7. The Bertz CT molecular complexity index is 785. The van der Waals surface area contributed by atoms with E-state index in [-0.39, 0.29) is 17.4 Å². The zero-order chi connectivity index (χ0) is 22.9. The highest BCUT2D eigenvalue weighted by Gasteiger charge is 2.46. The van der Waals surface area contributed by atoms with Gasteiger partial charge in [-0.1, -0.05) is 96.5 Å². The summed E-state index contributed by atoms with van der Waals surface area (Å²) in [5.74, 6) is 0.752. The summed E-state index contributed by atoms with van der Waals surface area (Å²) >= 11 is 6.28. The number of aryl methyl sites for hydroxylation is 2. The van der Waals surface area contributed by atoms with E-state index in [0.717, 1.165) is 30.7 Å². The van der Waals surface area contributed by atoms with Gasteiger partial charge in [0.15, 0.2) is 0 Å². The van der Waals surface area contributed by atoms with E-state index in [0.29, 0.717) is 10.6 Å². The van der Waals surface area contributed by atoms with Crippen LogP contribution in [0.15, 0.2) is 42.5 Å². The van der Waals surface area contributed by atoms with Gasteiger partial charge in [-0.25, -0.2) is 0 Å². The van der Waals surface area contributed by atoms with Crippen molar-refractivity contribution in [2.75, 3.05) is 0 Å². The molecule has 0 radical (unpaired) electrons. The number of rotatable bonds is 5. The largest absolute Gasteiger partial charge is 0.345 e. The Labute approximate surface area is 189 Å². The monoisotopic (exact) mass is 429 g/mol. The molecule has 0 saturated heterocycles. The third kappa shape index (κ3) is 7.16. The Balaban J connectivity index is 0.000000673. The Morgan fingerprint density at radius 1 is 1.07 bits per heavy atom. The van der Waals surface area contributed by atoms with E-state index in [2.05, 4.69) is 64.2 Å². The van der Waals surface area contributed by atoms with E-state index in [9.17, 15) is 4.79 Å². The molecule has 2 aromatic rings. The van der Waals surface area contributed by atoms with E-state index < -0.39 is 0 Å². The second-order valence-electron chi connectivity index (χ2n) is 8.78. The maximum atomic E-state index is 12.9. The van der Waals surface area contributed by atoms with E-state index >= 15 is 0 Å². The first-order valence-electron chi connectivity index (χ1n) is 11.3. The number of hydrogen-bond donors (Lipinski definition) is 1. The van der Waals surface area contributed by atoms with E-state index in [1.54, 1.807) is 6.07 Å². The van der Waals surface area contributed by atoms with Crippen LogP contribution < -0.4 is 5.32 Å². The zero-order valence-corrected chi connectivity index (χ0v) is 20.9. The van der Waals surface area contributed by atoms with Crippen LogP contribution in [-0.4, -0.2) is 5.91 Å². The van der Waals surface area contributed by atoms with Gasteiger partial charge in [0, 0.05) is 0 Å². The molecule has 1 unspecified atom stereocenters. The molecule has 0 spiro atoms. The average molecular weight is 430 g/mol. The minimum Gasteiger partial charge on any atom is -0.345 e. The molecule has 1 aliphatic rings. The first-order chi connectivity index (χ1) is 14.2. The van der Waals surface area contributed by atoms with Gasteiger partial charge in [0.2, 0.25) is 0 Å². The number of halogens is 1. The van der Waals surface area contributed by atoms with E-state index in [1.807, 2.05) is 32.9 Å². The molecule has 1 N–H and O–H groups in total. The van der Waals surface area contributed by atoms with Crippen molar-refractivity contribution in [2.45, 2.75) is 80.7 Å². The topological polar surface area (TPSA) is 29.1 Å². The third-order valence-electron chi connectivity index (χ3n) is 5.21. The van der Waals surface area contributed by atoms with Gasteiger partial charge in [-0.05, 0) is 60.3 Å². The third-order valence-corrected chi connectivity index (χ3v) is 5.52. The van der Waals surface area contributed by atoms with Gasteiger partial charge >= 0.3 is 0 Å². The highest BCUT2D eigenvalue weighted by atomic mass is 35.5. The molecule has 1 fully saturated rings. The molecule has 0 aromatic heterocycles. The summed E-state index contributed by atoms with van der Waals surface area (Å²) in [5, 5.41) is 3.80. The first kappa shape index (κ1) is 26.2. The minimum absolute atomic E-state index is 0.0248. The fourth-order valence-corrected chi connectivity index (χ4v) is 3.68. The molecule has 1 atom stereocenters. The Kier molecular flexibility index (Phi) is 10.6. The van der Waals surface area contributed by atoms with Gasteiger partial charge in [0.25, 0.3) is 5.91 Å². The van der Waals surface area contributed by atoms with Crippen LogP contribution in [0.25, 0.3) is 0 Å². The molecule has 3 heteroatoms. The number of benzene rings is 2. The van der Waals surface area contributed by atoms with Gasteiger partial charge in [-0.15, -0.1) is 0 Å². The number of carbonyl (C=O) groups excluding carboxylic acids is 1. The highest BCUT2D eigenvalue weighted by Crippen LogP contribution is 2.55. The molecule has 2 nitrogen and oxygen atoms in total. The second kappa shape index (κ2) is 12.2. The highest BCUT2D eigenvalue weighted by molar-refractivity contribution is 6.34. The summed E-state index contributed by atoms with van der Waals surface area (Å²) in [6, 6.07) is 14.0. The summed E-state index contributed by atoms with van der Waals surface area (Å²) < 4.78 is 0. The van der Waals surface area contributed by atoms with Gasteiger partial charge < -0.3 is 5.32 Å². The lowest BCUT2D eigenvalue weighted by Gasteiger charge is -2.28. The van der Waals surface area contributed by atoms with Gasteiger partial charge in [0.1, 0.15) is 0 Å². The lowest BCUT2D eigenvalue weighted by Crippen LogP contribution is -2.34. The molecule has 0 bridgehead atoms. The van der Waals surface area contributed by atoms with Crippen LogP contribution in [0.1, 0.15) is 94.4 Å². The predicted molar refractivity (Wildman–Crippen MR) is 131 cm³/mol. The number of carbonyl (C=O) groups is 1. The van der Waals surface area contributed by atoms with Crippen LogP contribution in [0.5, 0.6) is 0 Å². The van der Waals surface area contributed by atoms with E-state index in [4.69, 9.17) is 11.6 Å². The molecule has 30 heavy (non-hydrogen) atoms. The van der Waals surface area contributed by atoms with Gasteiger partial charge in [0.05, 0.1) is 16.6 Å². The number of nitrogens with one attached hydrogen (secondary N) is 1. The van der Waals surface area contributed by atoms with Crippen molar-refractivity contribution >= 4 is 17.5 Å². The fraction of sp³-hybridized carbons (Fsp3) is 0.519. The van der Waals surface area contributed by atoms with Crippen LogP contribution >= 0.6 is 11.6 Å². The maximum absolute atomic E-state index is 12.9. The quantitative estimate of drug-likeness (QED) is 0.510. The molecule has 1 amide bonds. The smallest absolute Gasteiger partial charge is 0.253 e. The minimum atomic E-state index is -0.0814. The van der Waals surface area contributed by atoms with Crippen LogP contribution in [0.4, 0.5) is 0 Å².